The molecule has 1 aromatic heterocycles. The van der Waals surface area contributed by atoms with Gasteiger partial charge >= 0.3 is 0 Å². The standard InChI is InChI=1S/C11H14FN3/c1-7(6-13)11-10-8(12)4-3-5-9(10)15(2)14-11/h3-5,7H,6,13H2,1-2H3. The lowest BCUT2D eigenvalue weighted by molar-refractivity contribution is 0.635. The SMILES string of the molecule is CC(CN)c1nn(C)c2cccc(F)c12. The van der Waals surface area contributed by atoms with Crippen molar-refractivity contribution in [1.82, 2.24) is 9.78 Å². The molecule has 2 rings (SSSR count). The quantitative estimate of drug-likeness (QED) is 0.815. The molecular weight excluding hydrogens is 193 g/mol. The summed E-state index contributed by atoms with van der Waals surface area (Å²) in [6.45, 7) is 2.43. The molecule has 0 radical (unpaired) electrons. The molecule has 0 aliphatic carbocycles. The van der Waals surface area contributed by atoms with E-state index in [0.717, 1.165) is 11.2 Å². The lowest BCUT2D eigenvalue weighted by Gasteiger charge is -2.04. The Morgan fingerprint density at radius 1 is 1.53 bits per heavy atom. The van der Waals surface area contributed by atoms with Crippen molar-refractivity contribution in [3.63, 3.8) is 0 Å². The van der Waals surface area contributed by atoms with Gasteiger partial charge in [-0.1, -0.05) is 13.0 Å². The van der Waals surface area contributed by atoms with E-state index in [-0.39, 0.29) is 11.7 Å². The minimum atomic E-state index is -0.226. The second kappa shape index (κ2) is 3.62. The van der Waals surface area contributed by atoms with E-state index in [9.17, 15) is 4.39 Å². The van der Waals surface area contributed by atoms with Gasteiger partial charge < -0.3 is 5.73 Å². The maximum Gasteiger partial charge on any atom is 0.134 e. The zero-order valence-corrected chi connectivity index (χ0v) is 8.87. The van der Waals surface area contributed by atoms with E-state index in [2.05, 4.69) is 5.10 Å². The molecule has 0 aliphatic rings. The molecule has 0 aliphatic heterocycles. The predicted octanol–water partition coefficient (Wildman–Crippen LogP) is 1.77. The Morgan fingerprint density at radius 2 is 2.27 bits per heavy atom. The molecule has 0 saturated carbocycles. The zero-order chi connectivity index (χ0) is 11.0. The fraction of sp³-hybridized carbons (Fsp3) is 0.364. The van der Waals surface area contributed by atoms with Crippen LogP contribution in [0.15, 0.2) is 18.2 Å². The van der Waals surface area contributed by atoms with Gasteiger partial charge in [-0.2, -0.15) is 5.10 Å². The monoisotopic (exact) mass is 207 g/mol. The summed E-state index contributed by atoms with van der Waals surface area (Å²) in [4.78, 5) is 0. The normalized spacial score (nSPS) is 13.3. The highest BCUT2D eigenvalue weighted by Gasteiger charge is 2.16. The fourth-order valence-electron chi connectivity index (χ4n) is 1.76. The van der Waals surface area contributed by atoms with Crippen molar-refractivity contribution in [3.05, 3.63) is 29.7 Å². The largest absolute Gasteiger partial charge is 0.330 e. The topological polar surface area (TPSA) is 43.8 Å². The number of benzene rings is 1. The Bertz CT molecular complexity index is 490. The van der Waals surface area contributed by atoms with Crippen molar-refractivity contribution in [2.75, 3.05) is 6.54 Å². The average Bonchev–Trinajstić information content (AvgIpc) is 2.57. The number of fused-ring (bicyclic) bond motifs is 1. The van der Waals surface area contributed by atoms with Gasteiger partial charge in [0, 0.05) is 19.5 Å². The third-order valence-electron chi connectivity index (χ3n) is 2.67. The molecule has 0 amide bonds. The van der Waals surface area contributed by atoms with Crippen molar-refractivity contribution in [2.24, 2.45) is 12.8 Å². The van der Waals surface area contributed by atoms with Crippen molar-refractivity contribution in [2.45, 2.75) is 12.8 Å². The molecule has 1 heterocycles. The minimum absolute atomic E-state index is 0.0746. The van der Waals surface area contributed by atoms with Gasteiger partial charge in [0.1, 0.15) is 5.82 Å². The van der Waals surface area contributed by atoms with Crippen molar-refractivity contribution in [3.8, 4) is 0 Å². The molecule has 2 N–H and O–H groups in total. The molecule has 80 valence electrons. The second-order valence-electron chi connectivity index (χ2n) is 3.78. The molecule has 1 unspecified atom stereocenters. The van der Waals surface area contributed by atoms with Crippen LogP contribution in [0.3, 0.4) is 0 Å². The third-order valence-corrected chi connectivity index (χ3v) is 2.67. The van der Waals surface area contributed by atoms with Gasteiger partial charge in [0.25, 0.3) is 0 Å². The fourth-order valence-corrected chi connectivity index (χ4v) is 1.76. The maximum absolute atomic E-state index is 13.7. The molecular formula is C11H14FN3. The first-order valence-corrected chi connectivity index (χ1v) is 4.96. The van der Waals surface area contributed by atoms with E-state index in [0.29, 0.717) is 11.9 Å². The summed E-state index contributed by atoms with van der Waals surface area (Å²) in [5.74, 6) is -0.151. The number of hydrogen-bond acceptors (Lipinski definition) is 2. The molecule has 3 nitrogen and oxygen atoms in total. The number of nitrogens with two attached hydrogens (primary N) is 1. The molecule has 15 heavy (non-hydrogen) atoms. The van der Waals surface area contributed by atoms with Crippen LogP contribution >= 0.6 is 0 Å². The summed E-state index contributed by atoms with van der Waals surface area (Å²) in [5.41, 5.74) is 7.14. The van der Waals surface area contributed by atoms with Crippen molar-refractivity contribution >= 4 is 10.9 Å². The van der Waals surface area contributed by atoms with Crippen LogP contribution in [0.4, 0.5) is 4.39 Å². The number of hydrogen-bond donors (Lipinski definition) is 1. The lowest BCUT2D eigenvalue weighted by Crippen LogP contribution is -2.10. The second-order valence-corrected chi connectivity index (χ2v) is 3.78. The van der Waals surface area contributed by atoms with Gasteiger partial charge in [0.05, 0.1) is 16.6 Å². The van der Waals surface area contributed by atoms with E-state index < -0.39 is 0 Å². The van der Waals surface area contributed by atoms with Crippen LogP contribution in [-0.2, 0) is 7.05 Å². The Morgan fingerprint density at radius 3 is 2.93 bits per heavy atom. The van der Waals surface area contributed by atoms with Crippen LogP contribution in [0.1, 0.15) is 18.5 Å². The van der Waals surface area contributed by atoms with Crippen LogP contribution in [-0.4, -0.2) is 16.3 Å². The van der Waals surface area contributed by atoms with Gasteiger partial charge in [-0.3, -0.25) is 4.68 Å². The zero-order valence-electron chi connectivity index (χ0n) is 8.87. The molecule has 1 aromatic carbocycles. The van der Waals surface area contributed by atoms with Gasteiger partial charge in [-0.15, -0.1) is 0 Å². The summed E-state index contributed by atoms with van der Waals surface area (Å²) in [6.07, 6.45) is 0. The first-order chi connectivity index (χ1) is 7.15. The predicted molar refractivity (Wildman–Crippen MR) is 58.1 cm³/mol. The van der Waals surface area contributed by atoms with E-state index in [1.54, 1.807) is 10.7 Å². The highest BCUT2D eigenvalue weighted by Crippen LogP contribution is 2.26. The number of rotatable bonds is 2. The van der Waals surface area contributed by atoms with Crippen LogP contribution in [0.2, 0.25) is 0 Å². The van der Waals surface area contributed by atoms with E-state index in [4.69, 9.17) is 5.73 Å². The van der Waals surface area contributed by atoms with Gasteiger partial charge in [0.2, 0.25) is 0 Å². The minimum Gasteiger partial charge on any atom is -0.330 e. The van der Waals surface area contributed by atoms with E-state index in [1.807, 2.05) is 20.0 Å². The summed E-state index contributed by atoms with van der Waals surface area (Å²) < 4.78 is 15.4. The van der Waals surface area contributed by atoms with E-state index in [1.165, 1.54) is 6.07 Å². The summed E-state index contributed by atoms with van der Waals surface area (Å²) >= 11 is 0. The number of nitrogens with zero attached hydrogens (tertiary/aromatic N) is 2. The molecule has 0 spiro atoms. The van der Waals surface area contributed by atoms with Crippen LogP contribution in [0.25, 0.3) is 10.9 Å². The van der Waals surface area contributed by atoms with Crippen molar-refractivity contribution < 1.29 is 4.39 Å². The lowest BCUT2D eigenvalue weighted by atomic mass is 10.0. The average molecular weight is 207 g/mol. The van der Waals surface area contributed by atoms with Crippen molar-refractivity contribution in [1.29, 1.82) is 0 Å². The summed E-state index contributed by atoms with van der Waals surface area (Å²) in [6, 6.07) is 5.01. The number of aromatic nitrogens is 2. The number of aryl methyl sites for hydroxylation is 1. The van der Waals surface area contributed by atoms with Gasteiger partial charge in [-0.05, 0) is 12.1 Å². The summed E-state index contributed by atoms with van der Waals surface area (Å²) in [7, 11) is 1.81. The molecule has 1 atom stereocenters. The highest BCUT2D eigenvalue weighted by atomic mass is 19.1. The van der Waals surface area contributed by atoms with Crippen LogP contribution in [0.5, 0.6) is 0 Å². The Labute approximate surface area is 87.7 Å². The smallest absolute Gasteiger partial charge is 0.134 e. The third kappa shape index (κ3) is 1.51. The van der Waals surface area contributed by atoms with Gasteiger partial charge in [0.15, 0.2) is 0 Å². The maximum atomic E-state index is 13.7. The molecule has 0 saturated heterocycles. The Balaban J connectivity index is 2.75. The van der Waals surface area contributed by atoms with Crippen LogP contribution < -0.4 is 5.73 Å². The highest BCUT2D eigenvalue weighted by molar-refractivity contribution is 5.83. The first-order valence-electron chi connectivity index (χ1n) is 4.96. The van der Waals surface area contributed by atoms with E-state index >= 15 is 0 Å². The molecule has 4 heteroatoms. The van der Waals surface area contributed by atoms with Gasteiger partial charge in [-0.25, -0.2) is 4.39 Å². The summed E-state index contributed by atoms with van der Waals surface area (Å²) in [5, 5.41) is 4.91. The molecule has 2 aromatic rings. The Hall–Kier alpha value is -1.42. The molecule has 0 fully saturated rings. The number of halogens is 1. The van der Waals surface area contributed by atoms with Crippen LogP contribution in [0, 0.1) is 5.82 Å². The first kappa shape index (κ1) is 10.1. The molecule has 0 bridgehead atoms. The Kier molecular flexibility index (Phi) is 2.44.